The van der Waals surface area contributed by atoms with Gasteiger partial charge in [0.2, 0.25) is 5.91 Å². The minimum atomic E-state index is -1.08. The van der Waals surface area contributed by atoms with Crippen molar-refractivity contribution in [2.24, 2.45) is 0 Å². The molecule has 1 heterocycles. The summed E-state index contributed by atoms with van der Waals surface area (Å²) in [7, 11) is 0. The van der Waals surface area contributed by atoms with E-state index in [-0.39, 0.29) is 12.5 Å². The fraction of sp³-hybridized carbons (Fsp3) is 0.412. The topological polar surface area (TPSA) is 75.4 Å². The molecule has 1 atom stereocenters. The highest BCUT2D eigenvalue weighted by atomic mass is 32.2. The number of carbonyl (C=O) groups excluding carboxylic acids is 1. The fourth-order valence-corrected chi connectivity index (χ4v) is 3.18. The molecule has 23 heavy (non-hydrogen) atoms. The summed E-state index contributed by atoms with van der Waals surface area (Å²) >= 11 is 1.50. The number of benzene rings is 1. The fourth-order valence-electron chi connectivity index (χ4n) is 2.17. The molecule has 1 amide bonds. The van der Waals surface area contributed by atoms with Crippen molar-refractivity contribution >= 4 is 17.7 Å². The summed E-state index contributed by atoms with van der Waals surface area (Å²) in [5.41, 5.74) is 1.61. The Hall–Kier alpha value is -1.79. The number of aliphatic hydroxyl groups is 1. The van der Waals surface area contributed by atoms with Crippen molar-refractivity contribution < 1.29 is 14.4 Å². The lowest BCUT2D eigenvalue weighted by Crippen LogP contribution is -2.39. The predicted molar refractivity (Wildman–Crippen MR) is 91.2 cm³/mol. The van der Waals surface area contributed by atoms with Crippen LogP contribution in [0.2, 0.25) is 0 Å². The Morgan fingerprint density at radius 2 is 2.04 bits per heavy atom. The summed E-state index contributed by atoms with van der Waals surface area (Å²) in [6.45, 7) is 5.64. The molecule has 0 aliphatic heterocycles. The van der Waals surface area contributed by atoms with Crippen LogP contribution in [0.15, 0.2) is 34.9 Å². The maximum atomic E-state index is 11.9. The largest absolute Gasteiger partial charge is 0.384 e. The van der Waals surface area contributed by atoms with Crippen LogP contribution in [0.4, 0.5) is 0 Å². The van der Waals surface area contributed by atoms with Gasteiger partial charge in [-0.3, -0.25) is 4.79 Å². The van der Waals surface area contributed by atoms with E-state index in [2.05, 4.69) is 10.5 Å². The van der Waals surface area contributed by atoms with E-state index in [0.717, 1.165) is 22.6 Å². The number of nitrogens with zero attached hydrogens (tertiary/aromatic N) is 1. The second-order valence-electron chi connectivity index (χ2n) is 5.71. The first-order valence-corrected chi connectivity index (χ1v) is 8.59. The molecule has 1 unspecified atom stereocenters. The van der Waals surface area contributed by atoms with Gasteiger partial charge in [0.05, 0.1) is 18.0 Å². The number of hydrogen-bond acceptors (Lipinski definition) is 5. The number of carbonyl (C=O) groups is 1. The highest BCUT2D eigenvalue weighted by Gasteiger charge is 2.23. The monoisotopic (exact) mass is 334 g/mol. The molecule has 0 fully saturated rings. The summed E-state index contributed by atoms with van der Waals surface area (Å²) in [6, 6.07) is 9.32. The Balaban J connectivity index is 1.77. The molecule has 0 saturated heterocycles. The minimum absolute atomic E-state index is 0.0991. The molecule has 124 valence electrons. The molecule has 2 N–H and O–H groups in total. The number of aromatic nitrogens is 1. The van der Waals surface area contributed by atoms with E-state index < -0.39 is 5.60 Å². The molecule has 2 rings (SSSR count). The summed E-state index contributed by atoms with van der Waals surface area (Å²) in [4.78, 5) is 11.9. The van der Waals surface area contributed by atoms with E-state index in [1.807, 2.05) is 44.2 Å². The first-order chi connectivity index (χ1) is 10.9. The van der Waals surface area contributed by atoms with Gasteiger partial charge in [-0.2, -0.15) is 0 Å². The van der Waals surface area contributed by atoms with E-state index >= 15 is 0 Å². The van der Waals surface area contributed by atoms with Gasteiger partial charge < -0.3 is 14.9 Å². The average Bonchev–Trinajstić information content (AvgIpc) is 2.86. The Morgan fingerprint density at radius 3 is 2.65 bits per heavy atom. The lowest BCUT2D eigenvalue weighted by Gasteiger charge is -2.24. The quantitative estimate of drug-likeness (QED) is 0.814. The van der Waals surface area contributed by atoms with Crippen molar-refractivity contribution in [3.8, 4) is 0 Å². The van der Waals surface area contributed by atoms with Crippen LogP contribution < -0.4 is 5.32 Å². The molecule has 5 nitrogen and oxygen atoms in total. The van der Waals surface area contributed by atoms with Gasteiger partial charge in [-0.15, -0.1) is 11.8 Å². The zero-order valence-electron chi connectivity index (χ0n) is 13.6. The third-order valence-electron chi connectivity index (χ3n) is 3.69. The van der Waals surface area contributed by atoms with E-state index in [1.165, 1.54) is 11.8 Å². The number of rotatable bonds is 7. The van der Waals surface area contributed by atoms with E-state index in [9.17, 15) is 9.90 Å². The van der Waals surface area contributed by atoms with Crippen molar-refractivity contribution in [3.63, 3.8) is 0 Å². The third-order valence-corrected chi connectivity index (χ3v) is 4.65. The maximum Gasteiger partial charge on any atom is 0.230 e. The molecule has 6 heteroatoms. The first-order valence-electron chi connectivity index (χ1n) is 7.44. The second kappa shape index (κ2) is 7.66. The van der Waals surface area contributed by atoms with Gasteiger partial charge in [0, 0.05) is 11.3 Å². The Morgan fingerprint density at radius 1 is 1.35 bits per heavy atom. The third kappa shape index (κ3) is 4.84. The van der Waals surface area contributed by atoms with Gasteiger partial charge in [0.1, 0.15) is 11.4 Å². The Bertz CT molecular complexity index is 634. The average molecular weight is 334 g/mol. The SMILES string of the molecule is Cc1noc(C)c1CSCC(=O)NCC(C)(O)c1ccccc1. The molecule has 0 saturated carbocycles. The standard InChI is InChI=1S/C17H22N2O3S/c1-12-15(13(2)22-19-12)9-23-10-16(20)18-11-17(3,21)14-7-5-4-6-8-14/h4-8,21H,9-11H2,1-3H3,(H,18,20). The molecule has 2 aromatic rings. The maximum absolute atomic E-state index is 11.9. The molecule has 1 aromatic heterocycles. The Kier molecular flexibility index (Phi) is 5.85. The number of thioether (sulfide) groups is 1. The zero-order valence-corrected chi connectivity index (χ0v) is 14.4. The second-order valence-corrected chi connectivity index (χ2v) is 6.70. The van der Waals surface area contributed by atoms with Crippen LogP contribution in [-0.2, 0) is 16.1 Å². The summed E-state index contributed by atoms with van der Waals surface area (Å²) in [5, 5.41) is 17.1. The molecule has 1 aromatic carbocycles. The number of aryl methyl sites for hydroxylation is 2. The minimum Gasteiger partial charge on any atom is -0.384 e. The van der Waals surface area contributed by atoms with Crippen LogP contribution in [0.25, 0.3) is 0 Å². The van der Waals surface area contributed by atoms with Crippen LogP contribution in [-0.4, -0.2) is 28.5 Å². The normalized spacial score (nSPS) is 13.6. The van der Waals surface area contributed by atoms with Gasteiger partial charge in [-0.25, -0.2) is 0 Å². The zero-order chi connectivity index (χ0) is 16.9. The van der Waals surface area contributed by atoms with Crippen molar-refractivity contribution in [1.82, 2.24) is 10.5 Å². The first kappa shape index (κ1) is 17.6. The molecule has 0 radical (unpaired) electrons. The van der Waals surface area contributed by atoms with Crippen molar-refractivity contribution in [2.75, 3.05) is 12.3 Å². The number of hydrogen-bond donors (Lipinski definition) is 2. The smallest absolute Gasteiger partial charge is 0.230 e. The molecule has 0 aliphatic rings. The molecular weight excluding hydrogens is 312 g/mol. The van der Waals surface area contributed by atoms with Gasteiger partial charge >= 0.3 is 0 Å². The van der Waals surface area contributed by atoms with Crippen LogP contribution >= 0.6 is 11.8 Å². The van der Waals surface area contributed by atoms with Crippen molar-refractivity contribution in [1.29, 1.82) is 0 Å². The van der Waals surface area contributed by atoms with E-state index in [1.54, 1.807) is 6.92 Å². The molecule has 0 spiro atoms. The summed E-state index contributed by atoms with van der Waals surface area (Å²) in [5.74, 6) is 1.71. The predicted octanol–water partition coefficient (Wildman–Crippen LogP) is 2.55. The highest BCUT2D eigenvalue weighted by molar-refractivity contribution is 7.99. The van der Waals surface area contributed by atoms with Gasteiger partial charge in [-0.1, -0.05) is 35.5 Å². The lowest BCUT2D eigenvalue weighted by molar-refractivity contribution is -0.119. The molecule has 0 bridgehead atoms. The highest BCUT2D eigenvalue weighted by Crippen LogP contribution is 2.20. The number of nitrogens with one attached hydrogen (secondary N) is 1. The van der Waals surface area contributed by atoms with Crippen LogP contribution in [0.5, 0.6) is 0 Å². The van der Waals surface area contributed by atoms with Crippen LogP contribution in [0.3, 0.4) is 0 Å². The van der Waals surface area contributed by atoms with Crippen LogP contribution in [0.1, 0.15) is 29.5 Å². The van der Waals surface area contributed by atoms with E-state index in [4.69, 9.17) is 4.52 Å². The Labute approximate surface area is 140 Å². The molecule has 0 aliphatic carbocycles. The van der Waals surface area contributed by atoms with Crippen LogP contribution in [0, 0.1) is 13.8 Å². The summed E-state index contributed by atoms with van der Waals surface area (Å²) < 4.78 is 5.10. The van der Waals surface area contributed by atoms with Gasteiger partial charge in [-0.05, 0) is 26.3 Å². The molecular formula is C17H22N2O3S. The van der Waals surface area contributed by atoms with Crippen molar-refractivity contribution in [2.45, 2.75) is 32.1 Å². The lowest BCUT2D eigenvalue weighted by atomic mass is 9.96. The van der Waals surface area contributed by atoms with Gasteiger partial charge in [0.15, 0.2) is 0 Å². The van der Waals surface area contributed by atoms with Gasteiger partial charge in [0.25, 0.3) is 0 Å². The summed E-state index contributed by atoms with van der Waals surface area (Å²) in [6.07, 6.45) is 0. The van der Waals surface area contributed by atoms with Crippen molar-refractivity contribution in [3.05, 3.63) is 52.9 Å². The number of amides is 1. The van der Waals surface area contributed by atoms with E-state index in [0.29, 0.717) is 11.5 Å².